The van der Waals surface area contributed by atoms with Crippen molar-refractivity contribution in [3.63, 3.8) is 0 Å². The molecule has 3 heteroatoms. The Labute approximate surface area is 63.1 Å². The monoisotopic (exact) mass is 144 g/mol. The van der Waals surface area contributed by atoms with Gasteiger partial charge in [-0.15, -0.1) is 4.98 Å². The summed E-state index contributed by atoms with van der Waals surface area (Å²) in [4.78, 5) is 7.20. The zero-order valence-electron chi connectivity index (χ0n) is 5.61. The number of pyridine rings is 1. The molecule has 0 bridgehead atoms. The Hall–Kier alpha value is -1.82. The third kappa shape index (κ3) is 0.849. The van der Waals surface area contributed by atoms with Gasteiger partial charge in [0.05, 0.1) is 6.26 Å². The molecule has 0 N–H and O–H groups in total. The topological polar surface area (TPSA) is 30.4 Å². The van der Waals surface area contributed by atoms with Gasteiger partial charge >= 0.3 is 0 Å². The highest BCUT2D eigenvalue weighted by Gasteiger charge is 2.01. The summed E-state index contributed by atoms with van der Waals surface area (Å²) in [5, 5.41) is 0. The van der Waals surface area contributed by atoms with E-state index in [2.05, 4.69) is 9.83 Å². The Balaban J connectivity index is 2.79. The third-order valence-electron chi connectivity index (χ3n) is 1.41. The first-order valence-corrected chi connectivity index (χ1v) is 3.12. The van der Waals surface area contributed by atoms with Crippen molar-refractivity contribution in [2.24, 2.45) is 0 Å². The van der Waals surface area contributed by atoms with Crippen LogP contribution >= 0.6 is 0 Å². The highest BCUT2D eigenvalue weighted by atomic mass is 16.3. The summed E-state index contributed by atoms with van der Waals surface area (Å²) < 4.78 is 5.05. The van der Waals surface area contributed by atoms with Gasteiger partial charge in [0, 0.05) is 6.07 Å². The van der Waals surface area contributed by atoms with Crippen LogP contribution in [0.15, 0.2) is 28.9 Å². The van der Waals surface area contributed by atoms with Crippen LogP contribution in [0.5, 0.6) is 0 Å². The average molecular weight is 144 g/mol. The molecule has 0 unspecified atom stereocenters. The highest BCUT2D eigenvalue weighted by molar-refractivity contribution is 5.74. The standard InChI is InChI=1S/C8H4N2O/c1-9-8-3-2-7-6(10-8)4-5-11-7/h2-5H. The largest absolute Gasteiger partial charge is 0.460 e. The number of hydrogen-bond donors (Lipinski definition) is 0. The molecule has 0 fully saturated rings. The Bertz CT molecular complexity index is 425. The maximum absolute atomic E-state index is 6.70. The van der Waals surface area contributed by atoms with Crippen LogP contribution < -0.4 is 0 Å². The van der Waals surface area contributed by atoms with Crippen LogP contribution in [0.1, 0.15) is 0 Å². The zero-order valence-corrected chi connectivity index (χ0v) is 5.61. The lowest BCUT2D eigenvalue weighted by atomic mass is 10.4. The molecule has 0 aromatic carbocycles. The number of fused-ring (bicyclic) bond motifs is 1. The van der Waals surface area contributed by atoms with Gasteiger partial charge in [-0.05, 0) is 12.1 Å². The second-order valence-corrected chi connectivity index (χ2v) is 2.09. The van der Waals surface area contributed by atoms with Gasteiger partial charge in [0.25, 0.3) is 5.82 Å². The minimum absolute atomic E-state index is 0.402. The van der Waals surface area contributed by atoms with E-state index in [-0.39, 0.29) is 0 Å². The molecule has 3 nitrogen and oxygen atoms in total. The molecule has 0 aliphatic carbocycles. The number of nitrogens with zero attached hydrogens (tertiary/aromatic N) is 2. The van der Waals surface area contributed by atoms with Gasteiger partial charge in [0.2, 0.25) is 0 Å². The van der Waals surface area contributed by atoms with Crippen molar-refractivity contribution in [1.82, 2.24) is 4.98 Å². The van der Waals surface area contributed by atoms with Gasteiger partial charge in [0.1, 0.15) is 0 Å². The fourth-order valence-corrected chi connectivity index (χ4v) is 0.904. The van der Waals surface area contributed by atoms with Gasteiger partial charge < -0.3 is 9.26 Å². The Kier molecular flexibility index (Phi) is 1.13. The van der Waals surface area contributed by atoms with Crippen molar-refractivity contribution in [2.75, 3.05) is 0 Å². The van der Waals surface area contributed by atoms with E-state index in [4.69, 9.17) is 11.0 Å². The van der Waals surface area contributed by atoms with Gasteiger partial charge in [-0.1, -0.05) is 6.57 Å². The van der Waals surface area contributed by atoms with E-state index in [0.29, 0.717) is 5.82 Å². The van der Waals surface area contributed by atoms with Crippen LogP contribution in [0.3, 0.4) is 0 Å². The Morgan fingerprint density at radius 3 is 3.09 bits per heavy atom. The van der Waals surface area contributed by atoms with Gasteiger partial charge in [-0.3, -0.25) is 0 Å². The second kappa shape index (κ2) is 2.10. The molecule has 52 valence electrons. The van der Waals surface area contributed by atoms with Gasteiger partial charge in [-0.25, -0.2) is 0 Å². The van der Waals surface area contributed by atoms with Crippen molar-refractivity contribution in [3.05, 3.63) is 35.9 Å². The molecular weight excluding hydrogens is 140 g/mol. The molecule has 0 saturated heterocycles. The maximum atomic E-state index is 6.70. The predicted octanol–water partition coefficient (Wildman–Crippen LogP) is 2.38. The van der Waals surface area contributed by atoms with E-state index >= 15 is 0 Å². The first kappa shape index (κ1) is 5.93. The molecule has 0 aliphatic heterocycles. The van der Waals surface area contributed by atoms with Gasteiger partial charge in [-0.2, -0.15) is 0 Å². The van der Waals surface area contributed by atoms with Crippen molar-refractivity contribution in [2.45, 2.75) is 0 Å². The summed E-state index contributed by atoms with van der Waals surface area (Å²) in [7, 11) is 0. The molecule has 2 rings (SSSR count). The predicted molar refractivity (Wildman–Crippen MR) is 40.3 cm³/mol. The Morgan fingerprint density at radius 1 is 1.36 bits per heavy atom. The zero-order chi connectivity index (χ0) is 7.68. The van der Waals surface area contributed by atoms with E-state index in [9.17, 15) is 0 Å². The smallest absolute Gasteiger partial charge is 0.270 e. The normalized spacial score (nSPS) is 9.73. The highest BCUT2D eigenvalue weighted by Crippen LogP contribution is 2.16. The van der Waals surface area contributed by atoms with Crippen molar-refractivity contribution in [1.29, 1.82) is 0 Å². The molecule has 0 saturated carbocycles. The van der Waals surface area contributed by atoms with Crippen LogP contribution in [0.2, 0.25) is 0 Å². The summed E-state index contributed by atoms with van der Waals surface area (Å²) in [6, 6.07) is 5.12. The number of furan rings is 1. The summed E-state index contributed by atoms with van der Waals surface area (Å²) in [5.74, 6) is 0.402. The third-order valence-corrected chi connectivity index (χ3v) is 1.41. The van der Waals surface area contributed by atoms with Crippen LogP contribution in [0.25, 0.3) is 15.9 Å². The first-order valence-electron chi connectivity index (χ1n) is 3.12. The molecule has 0 aliphatic rings. The lowest BCUT2D eigenvalue weighted by molar-refractivity contribution is 0.615. The van der Waals surface area contributed by atoms with E-state index in [1.807, 2.05) is 0 Å². The second-order valence-electron chi connectivity index (χ2n) is 2.09. The van der Waals surface area contributed by atoms with E-state index in [1.165, 1.54) is 0 Å². The quantitative estimate of drug-likeness (QED) is 0.531. The van der Waals surface area contributed by atoms with Crippen LogP contribution in [-0.4, -0.2) is 4.98 Å². The summed E-state index contributed by atoms with van der Waals surface area (Å²) >= 11 is 0. The molecule has 2 heterocycles. The summed E-state index contributed by atoms with van der Waals surface area (Å²) in [5.41, 5.74) is 1.45. The molecule has 2 aromatic heterocycles. The number of rotatable bonds is 0. The van der Waals surface area contributed by atoms with Crippen LogP contribution in [0.4, 0.5) is 5.82 Å². The average Bonchev–Trinajstić information content (AvgIpc) is 2.50. The molecule has 0 spiro atoms. The molecule has 0 radical (unpaired) electrons. The summed E-state index contributed by atoms with van der Waals surface area (Å²) in [6.07, 6.45) is 1.56. The maximum Gasteiger partial charge on any atom is 0.270 e. The van der Waals surface area contributed by atoms with Crippen LogP contribution in [0, 0.1) is 6.57 Å². The molecule has 2 aromatic rings. The van der Waals surface area contributed by atoms with Crippen molar-refractivity contribution in [3.8, 4) is 0 Å². The van der Waals surface area contributed by atoms with Crippen molar-refractivity contribution < 1.29 is 4.42 Å². The lowest BCUT2D eigenvalue weighted by Crippen LogP contribution is -1.70. The first-order chi connectivity index (χ1) is 5.40. The van der Waals surface area contributed by atoms with Crippen LogP contribution in [-0.2, 0) is 0 Å². The van der Waals surface area contributed by atoms with Crippen molar-refractivity contribution >= 4 is 16.9 Å². The molecule has 0 amide bonds. The fourth-order valence-electron chi connectivity index (χ4n) is 0.904. The van der Waals surface area contributed by atoms with E-state index in [1.54, 1.807) is 24.5 Å². The SMILES string of the molecule is [C-]#[N+]c1ccc2occc2n1. The van der Waals surface area contributed by atoms with E-state index in [0.717, 1.165) is 11.1 Å². The van der Waals surface area contributed by atoms with Gasteiger partial charge in [0.15, 0.2) is 11.1 Å². The minimum Gasteiger partial charge on any atom is -0.460 e. The Morgan fingerprint density at radius 2 is 2.27 bits per heavy atom. The lowest BCUT2D eigenvalue weighted by Gasteiger charge is -1.84. The molecule has 0 atom stereocenters. The summed E-state index contributed by atoms with van der Waals surface area (Å²) in [6.45, 7) is 6.70. The molecule has 11 heavy (non-hydrogen) atoms. The number of hydrogen-bond acceptors (Lipinski definition) is 2. The van der Waals surface area contributed by atoms with E-state index < -0.39 is 0 Å². The minimum atomic E-state index is 0.402. The fraction of sp³-hybridized carbons (Fsp3) is 0. The molecular formula is C8H4N2O. The number of aromatic nitrogens is 1.